The number of carbonyl (C=O) groups is 2. The molecule has 50 heavy (non-hydrogen) atoms. The van der Waals surface area contributed by atoms with Crippen molar-refractivity contribution in [2.45, 2.75) is 81.6 Å². The molecule has 7 rings (SSSR count). The third-order valence-electron chi connectivity index (χ3n) is 10.7. The number of benzene rings is 3. The molecule has 3 aliphatic heterocycles. The van der Waals surface area contributed by atoms with Crippen LogP contribution in [0.4, 0.5) is 15.5 Å². The van der Waals surface area contributed by atoms with Crippen LogP contribution in [0.25, 0.3) is 0 Å². The first-order valence-corrected chi connectivity index (χ1v) is 20.5. The van der Waals surface area contributed by atoms with E-state index in [0.29, 0.717) is 24.3 Å². The number of amides is 2. The van der Waals surface area contributed by atoms with Crippen molar-refractivity contribution in [2.75, 3.05) is 23.4 Å². The zero-order valence-electron chi connectivity index (χ0n) is 28.8. The molecule has 3 aliphatic rings. The van der Waals surface area contributed by atoms with Crippen LogP contribution in [0.1, 0.15) is 54.5 Å². The second-order valence-corrected chi connectivity index (χ2v) is 18.2. The Kier molecular flexibility index (Phi) is 9.46. The number of aliphatic hydroxyl groups is 1. The third-order valence-corrected chi connectivity index (χ3v) is 13.2. The van der Waals surface area contributed by atoms with Gasteiger partial charge in [-0.25, -0.2) is 0 Å². The van der Waals surface area contributed by atoms with E-state index in [1.54, 1.807) is 22.7 Å². The molecule has 0 saturated carbocycles. The van der Waals surface area contributed by atoms with E-state index in [9.17, 15) is 14.7 Å². The van der Waals surface area contributed by atoms with Gasteiger partial charge in [0.05, 0.1) is 42.6 Å². The summed E-state index contributed by atoms with van der Waals surface area (Å²) in [5.74, 6) is -0.972. The number of ether oxygens (including phenoxy) is 1. The molecule has 12 heteroatoms. The number of anilines is 2. The zero-order valence-corrected chi connectivity index (χ0v) is 29.8. The maximum Gasteiger partial charge on any atom is 0.264 e. The lowest BCUT2D eigenvalue weighted by atomic mass is 9.82. The first-order chi connectivity index (χ1) is 24.1. The number of carbonyl (C=O) groups excluding carboxylic acids is 2. The van der Waals surface area contributed by atoms with Crippen LogP contribution in [0.2, 0.25) is 18.6 Å². The molecule has 10 nitrogen and oxygen atoms in total. The molecular formula is C38H45FN6O4Si. The highest BCUT2D eigenvalue weighted by atomic mass is 28.4. The monoisotopic (exact) mass is 696 g/mol. The molecule has 6 atom stereocenters. The molecule has 4 aromatic rings. The average Bonchev–Trinajstić information content (AvgIpc) is 3.90. The van der Waals surface area contributed by atoms with Gasteiger partial charge in [0, 0.05) is 35.5 Å². The summed E-state index contributed by atoms with van der Waals surface area (Å²) in [6, 6.07) is 24.7. The maximum atomic E-state index is 16.3. The van der Waals surface area contributed by atoms with E-state index in [0.717, 1.165) is 41.8 Å². The number of hydrogen-bond donors (Lipinski definition) is 3. The summed E-state index contributed by atoms with van der Waals surface area (Å²) in [5.41, 5.74) is 2.88. The van der Waals surface area contributed by atoms with Gasteiger partial charge < -0.3 is 29.5 Å². The van der Waals surface area contributed by atoms with Crippen LogP contribution in [0, 0.1) is 5.92 Å². The Morgan fingerprint density at radius 1 is 1.14 bits per heavy atom. The summed E-state index contributed by atoms with van der Waals surface area (Å²) in [6.45, 7) is 6.79. The smallest absolute Gasteiger partial charge is 0.264 e. The van der Waals surface area contributed by atoms with Crippen molar-refractivity contribution in [1.29, 1.82) is 0 Å². The topological polar surface area (TPSA) is 122 Å². The number of nitrogens with zero attached hydrogens (tertiary/aromatic N) is 4. The van der Waals surface area contributed by atoms with Gasteiger partial charge in [-0.2, -0.15) is 0 Å². The number of para-hydroxylation sites is 1. The highest BCUT2D eigenvalue weighted by Crippen LogP contribution is 2.60. The lowest BCUT2D eigenvalue weighted by Crippen LogP contribution is -2.45. The highest BCUT2D eigenvalue weighted by molar-refractivity contribution is 6.72. The Morgan fingerprint density at radius 3 is 2.66 bits per heavy atom. The molecule has 262 valence electrons. The molecule has 2 amide bonds. The van der Waals surface area contributed by atoms with Crippen molar-refractivity contribution < 1.29 is 23.5 Å². The van der Waals surface area contributed by atoms with E-state index >= 15 is 4.11 Å². The number of aliphatic hydroxyl groups excluding tert-OH is 1. The SMILES string of the molecule is C[C@H]1[C@H]([Si](C)(C)F)[C@@H](CCn2cc(C(CO)c3ccccc3)nn2)O[C@]12C(=O)N(Cc1cccc(NC(=O)[C@H]3CCCN3)c1)c1ccccc12. The van der Waals surface area contributed by atoms with Crippen LogP contribution in [0.5, 0.6) is 0 Å². The van der Waals surface area contributed by atoms with Gasteiger partial charge in [-0.15, -0.1) is 5.10 Å². The minimum Gasteiger partial charge on any atom is -0.395 e. The number of fused-ring (bicyclic) bond motifs is 2. The molecule has 1 aromatic heterocycles. The summed E-state index contributed by atoms with van der Waals surface area (Å²) in [5, 5.41) is 25.1. The molecule has 4 heterocycles. The highest BCUT2D eigenvalue weighted by Gasteiger charge is 2.66. The Hall–Kier alpha value is -4.23. The predicted molar refractivity (Wildman–Crippen MR) is 192 cm³/mol. The molecule has 3 N–H and O–H groups in total. The van der Waals surface area contributed by atoms with Gasteiger partial charge >= 0.3 is 0 Å². The number of hydrogen-bond acceptors (Lipinski definition) is 7. The molecule has 2 saturated heterocycles. The third kappa shape index (κ3) is 6.30. The molecule has 1 spiro atoms. The number of aryl methyl sites for hydroxylation is 1. The van der Waals surface area contributed by atoms with Crippen LogP contribution >= 0.6 is 0 Å². The molecule has 1 unspecified atom stereocenters. The minimum atomic E-state index is -3.35. The summed E-state index contributed by atoms with van der Waals surface area (Å²) in [6.07, 6.45) is 3.54. The van der Waals surface area contributed by atoms with E-state index in [1.807, 2.05) is 92.0 Å². The van der Waals surface area contributed by atoms with Crippen LogP contribution in [-0.2, 0) is 33.0 Å². The number of nitrogens with one attached hydrogen (secondary N) is 2. The summed E-state index contributed by atoms with van der Waals surface area (Å²) < 4.78 is 25.0. The van der Waals surface area contributed by atoms with Gasteiger partial charge in [-0.3, -0.25) is 14.3 Å². The number of halogens is 1. The Labute approximate surface area is 293 Å². The fraction of sp³-hybridized carbons (Fsp3) is 0.421. The first-order valence-electron chi connectivity index (χ1n) is 17.6. The van der Waals surface area contributed by atoms with E-state index < -0.39 is 31.6 Å². The molecule has 0 aliphatic carbocycles. The van der Waals surface area contributed by atoms with E-state index in [-0.39, 0.29) is 36.9 Å². The van der Waals surface area contributed by atoms with Gasteiger partial charge in [0.2, 0.25) is 14.3 Å². The summed E-state index contributed by atoms with van der Waals surface area (Å²) in [4.78, 5) is 29.3. The van der Waals surface area contributed by atoms with Crippen molar-refractivity contribution in [3.8, 4) is 0 Å². The fourth-order valence-corrected chi connectivity index (χ4v) is 10.9. The van der Waals surface area contributed by atoms with Crippen LogP contribution in [-0.4, -0.2) is 65.6 Å². The van der Waals surface area contributed by atoms with Crippen LogP contribution < -0.4 is 15.5 Å². The summed E-state index contributed by atoms with van der Waals surface area (Å²) >= 11 is 0. The van der Waals surface area contributed by atoms with E-state index in [4.69, 9.17) is 4.74 Å². The molecule has 0 radical (unpaired) electrons. The lowest BCUT2D eigenvalue weighted by molar-refractivity contribution is -0.146. The summed E-state index contributed by atoms with van der Waals surface area (Å²) in [7, 11) is -3.35. The zero-order chi connectivity index (χ0) is 35.0. The van der Waals surface area contributed by atoms with Gasteiger partial charge in [0.15, 0.2) is 5.60 Å². The van der Waals surface area contributed by atoms with Gasteiger partial charge in [0.25, 0.3) is 5.91 Å². The predicted octanol–water partition coefficient (Wildman–Crippen LogP) is 5.50. The van der Waals surface area contributed by atoms with Crippen LogP contribution in [0.15, 0.2) is 85.1 Å². The van der Waals surface area contributed by atoms with Gasteiger partial charge in [-0.1, -0.05) is 72.8 Å². The Bertz CT molecular complexity index is 1840. The van der Waals surface area contributed by atoms with Crippen molar-refractivity contribution in [3.63, 3.8) is 0 Å². The Morgan fingerprint density at radius 2 is 1.92 bits per heavy atom. The second kappa shape index (κ2) is 13.8. The van der Waals surface area contributed by atoms with E-state index in [2.05, 4.69) is 20.9 Å². The molecule has 0 bridgehead atoms. The largest absolute Gasteiger partial charge is 0.395 e. The first kappa shape index (κ1) is 34.2. The normalized spacial score (nSPS) is 25.3. The van der Waals surface area contributed by atoms with Crippen molar-refractivity contribution in [2.24, 2.45) is 5.92 Å². The lowest BCUT2D eigenvalue weighted by Gasteiger charge is -2.31. The quantitative estimate of drug-likeness (QED) is 0.140. The maximum absolute atomic E-state index is 16.3. The van der Waals surface area contributed by atoms with Crippen molar-refractivity contribution in [3.05, 3.63) is 107 Å². The number of aromatic nitrogens is 3. The molecule has 3 aromatic carbocycles. The molecule has 2 fully saturated rings. The second-order valence-electron chi connectivity index (χ2n) is 14.4. The van der Waals surface area contributed by atoms with E-state index in [1.165, 1.54) is 0 Å². The molecular weight excluding hydrogens is 652 g/mol. The average molecular weight is 697 g/mol. The van der Waals surface area contributed by atoms with Crippen molar-refractivity contribution >= 4 is 31.6 Å². The number of rotatable bonds is 11. The van der Waals surface area contributed by atoms with Crippen molar-refractivity contribution in [1.82, 2.24) is 20.3 Å². The minimum absolute atomic E-state index is 0.0593. The Balaban J connectivity index is 1.12. The van der Waals surface area contributed by atoms with Crippen LogP contribution in [0.3, 0.4) is 0 Å². The standard InChI is InChI=1S/C38H45FN6O4Si/c1-25-35(50(2,3)39)34(18-20-44-23-32(42-43-44)29(24-46)27-12-5-4-6-13-27)49-38(25)30-15-7-8-17-33(30)45(37(38)48)22-26-11-9-14-28(21-26)41-36(47)31-16-10-19-40-31/h4-9,11-15,17,21,23,25,29,31,34-35,40,46H,10,16,18-20,22,24H2,1-3H3,(H,41,47)/t25-,29?,31+,34+,35-,38+/m0/s1. The fourth-order valence-electron chi connectivity index (χ4n) is 8.39. The van der Waals surface area contributed by atoms with Gasteiger partial charge in [-0.05, 0) is 68.2 Å². The van der Waals surface area contributed by atoms with Gasteiger partial charge in [0.1, 0.15) is 0 Å².